The smallest absolute Gasteiger partial charge is 0.342 e. The molecule has 162 valence electrons. The zero-order valence-corrected chi connectivity index (χ0v) is 18.5. The number of methoxy groups -OCH3 is 3. The van der Waals surface area contributed by atoms with E-state index in [1.54, 1.807) is 21.3 Å². The summed E-state index contributed by atoms with van der Waals surface area (Å²) in [5, 5.41) is 1.78. The molecular formula is C25H28NO5+. The van der Waals surface area contributed by atoms with Crippen LogP contribution in [-0.2, 0) is 17.7 Å². The Morgan fingerprint density at radius 3 is 2.45 bits per heavy atom. The minimum atomic E-state index is -0.348. The first-order valence-electron chi connectivity index (χ1n) is 10.6. The Morgan fingerprint density at radius 1 is 1.00 bits per heavy atom. The van der Waals surface area contributed by atoms with Crippen molar-refractivity contribution in [2.75, 3.05) is 27.9 Å². The van der Waals surface area contributed by atoms with E-state index in [1.165, 1.54) is 5.56 Å². The van der Waals surface area contributed by atoms with Crippen LogP contribution in [0.15, 0.2) is 36.5 Å². The topological polar surface area (TPSA) is 57.9 Å². The van der Waals surface area contributed by atoms with E-state index in [0.29, 0.717) is 23.7 Å². The van der Waals surface area contributed by atoms with Gasteiger partial charge >= 0.3 is 5.97 Å². The van der Waals surface area contributed by atoms with Gasteiger partial charge in [0.05, 0.1) is 38.9 Å². The number of pyridine rings is 1. The largest absolute Gasteiger partial charge is 0.496 e. The van der Waals surface area contributed by atoms with Gasteiger partial charge < -0.3 is 18.9 Å². The van der Waals surface area contributed by atoms with Gasteiger partial charge in [-0.1, -0.05) is 19.4 Å². The molecule has 0 bridgehead atoms. The Morgan fingerprint density at radius 2 is 1.74 bits per heavy atom. The predicted molar refractivity (Wildman–Crippen MR) is 118 cm³/mol. The lowest BCUT2D eigenvalue weighted by atomic mass is 9.94. The fourth-order valence-corrected chi connectivity index (χ4v) is 4.12. The van der Waals surface area contributed by atoms with E-state index in [2.05, 4.69) is 17.6 Å². The molecule has 2 aromatic carbocycles. The molecule has 2 heterocycles. The molecule has 1 aliphatic heterocycles. The van der Waals surface area contributed by atoms with Gasteiger partial charge in [-0.15, -0.1) is 0 Å². The van der Waals surface area contributed by atoms with Crippen LogP contribution in [0.25, 0.3) is 22.0 Å². The number of esters is 1. The summed E-state index contributed by atoms with van der Waals surface area (Å²) in [4.78, 5) is 12.9. The van der Waals surface area contributed by atoms with E-state index in [9.17, 15) is 4.79 Å². The SMILES string of the molecule is CCCCOC(=O)c1c(OC)ccc2cc3[n+](cc12)CCc1cc(OC)c(OC)cc1-3. The van der Waals surface area contributed by atoms with Gasteiger partial charge in [-0.05, 0) is 35.6 Å². The number of unbranched alkanes of at least 4 members (excludes halogenated alkanes) is 1. The molecule has 1 aliphatic rings. The molecule has 0 radical (unpaired) electrons. The number of carbonyl (C=O) groups excluding carboxylic acids is 1. The molecule has 31 heavy (non-hydrogen) atoms. The quantitative estimate of drug-likeness (QED) is 0.322. The number of benzene rings is 2. The molecule has 0 unspecified atom stereocenters. The van der Waals surface area contributed by atoms with Crippen molar-refractivity contribution in [3.8, 4) is 28.5 Å². The van der Waals surface area contributed by atoms with Crippen LogP contribution in [0.2, 0.25) is 0 Å². The van der Waals surface area contributed by atoms with E-state index >= 15 is 0 Å². The Bertz CT molecular complexity index is 1140. The summed E-state index contributed by atoms with van der Waals surface area (Å²) in [5.74, 6) is 1.61. The standard InChI is InChI=1S/C25H28NO5/c1-5-6-11-31-25(27)24-19-15-26-10-9-17-13-22(29-3)23(30-4)14-18(17)20(26)12-16(19)7-8-21(24)28-2/h7-8,12-15H,5-6,9-11H2,1-4H3/q+1. The van der Waals surface area contributed by atoms with Gasteiger partial charge in [0.1, 0.15) is 11.3 Å². The molecule has 0 aliphatic carbocycles. The highest BCUT2D eigenvalue weighted by Gasteiger charge is 2.28. The molecular weight excluding hydrogens is 394 g/mol. The number of fused-ring (bicyclic) bond motifs is 4. The Labute approximate surface area is 182 Å². The second-order valence-corrected chi connectivity index (χ2v) is 7.60. The molecule has 0 saturated heterocycles. The normalized spacial score (nSPS) is 12.1. The van der Waals surface area contributed by atoms with Crippen molar-refractivity contribution in [2.45, 2.75) is 32.7 Å². The first-order valence-corrected chi connectivity index (χ1v) is 10.6. The van der Waals surface area contributed by atoms with Crippen molar-refractivity contribution >= 4 is 16.7 Å². The number of hydrogen-bond donors (Lipinski definition) is 0. The predicted octanol–water partition coefficient (Wildman–Crippen LogP) is 4.33. The van der Waals surface area contributed by atoms with Crippen molar-refractivity contribution in [1.82, 2.24) is 0 Å². The summed E-state index contributed by atoms with van der Waals surface area (Å²) in [6.45, 7) is 3.27. The Balaban J connectivity index is 1.86. The van der Waals surface area contributed by atoms with Gasteiger partial charge in [0, 0.05) is 12.5 Å². The number of aryl methyl sites for hydroxylation is 2. The molecule has 1 aromatic heterocycles. The summed E-state index contributed by atoms with van der Waals surface area (Å²) < 4.78 is 24.2. The molecule has 0 fully saturated rings. The summed E-state index contributed by atoms with van der Waals surface area (Å²) in [7, 11) is 4.87. The second-order valence-electron chi connectivity index (χ2n) is 7.60. The summed E-state index contributed by atoms with van der Waals surface area (Å²) in [6.07, 6.45) is 4.70. The molecule has 4 rings (SSSR count). The van der Waals surface area contributed by atoms with Crippen molar-refractivity contribution in [2.24, 2.45) is 0 Å². The number of aromatic nitrogens is 1. The summed E-state index contributed by atoms with van der Waals surface area (Å²) in [6, 6.07) is 9.99. The van der Waals surface area contributed by atoms with E-state index in [1.807, 2.05) is 30.5 Å². The highest BCUT2D eigenvalue weighted by Crippen LogP contribution is 2.38. The fourth-order valence-electron chi connectivity index (χ4n) is 4.12. The molecule has 0 N–H and O–H groups in total. The molecule has 0 spiro atoms. The van der Waals surface area contributed by atoms with Crippen molar-refractivity contribution < 1.29 is 28.3 Å². The van der Waals surface area contributed by atoms with Gasteiger partial charge in [-0.25, -0.2) is 4.79 Å². The molecule has 0 amide bonds. The lowest BCUT2D eigenvalue weighted by molar-refractivity contribution is -0.686. The van der Waals surface area contributed by atoms with Crippen molar-refractivity contribution in [3.05, 3.63) is 47.7 Å². The lowest BCUT2D eigenvalue weighted by Crippen LogP contribution is -2.40. The van der Waals surface area contributed by atoms with Crippen LogP contribution in [-0.4, -0.2) is 33.9 Å². The lowest BCUT2D eigenvalue weighted by Gasteiger charge is -2.19. The van der Waals surface area contributed by atoms with Crippen LogP contribution in [0.4, 0.5) is 0 Å². The second kappa shape index (κ2) is 8.84. The van der Waals surface area contributed by atoms with Gasteiger partial charge in [0.25, 0.3) is 0 Å². The average molecular weight is 423 g/mol. The average Bonchev–Trinajstić information content (AvgIpc) is 2.80. The molecule has 3 aromatic rings. The zero-order valence-electron chi connectivity index (χ0n) is 18.5. The van der Waals surface area contributed by atoms with E-state index in [4.69, 9.17) is 18.9 Å². The maximum Gasteiger partial charge on any atom is 0.342 e. The Hall–Kier alpha value is -3.28. The third-order valence-corrected chi connectivity index (χ3v) is 5.79. The van der Waals surface area contributed by atoms with Crippen LogP contribution in [0, 0.1) is 0 Å². The minimum absolute atomic E-state index is 0.348. The number of carbonyl (C=O) groups is 1. The molecule has 0 saturated carbocycles. The number of rotatable bonds is 7. The number of ether oxygens (including phenoxy) is 4. The number of nitrogens with zero attached hydrogens (tertiary/aromatic N) is 1. The fraction of sp³-hybridized carbons (Fsp3) is 0.360. The molecule has 0 atom stereocenters. The highest BCUT2D eigenvalue weighted by molar-refractivity contribution is 6.07. The third kappa shape index (κ3) is 3.78. The van der Waals surface area contributed by atoms with Crippen LogP contribution in [0.1, 0.15) is 35.7 Å². The van der Waals surface area contributed by atoms with Crippen molar-refractivity contribution in [3.63, 3.8) is 0 Å². The minimum Gasteiger partial charge on any atom is -0.496 e. The van der Waals surface area contributed by atoms with E-state index in [0.717, 1.165) is 53.6 Å². The molecule has 6 nitrogen and oxygen atoms in total. The van der Waals surface area contributed by atoms with Crippen LogP contribution >= 0.6 is 0 Å². The highest BCUT2D eigenvalue weighted by atomic mass is 16.5. The van der Waals surface area contributed by atoms with Gasteiger partial charge in [0.15, 0.2) is 24.2 Å². The van der Waals surface area contributed by atoms with Crippen LogP contribution < -0.4 is 18.8 Å². The third-order valence-electron chi connectivity index (χ3n) is 5.79. The Kier molecular flexibility index (Phi) is 5.98. The monoisotopic (exact) mass is 422 g/mol. The number of hydrogen-bond acceptors (Lipinski definition) is 5. The first-order chi connectivity index (χ1) is 15.1. The van der Waals surface area contributed by atoms with Crippen LogP contribution in [0.3, 0.4) is 0 Å². The zero-order chi connectivity index (χ0) is 22.0. The van der Waals surface area contributed by atoms with Crippen molar-refractivity contribution in [1.29, 1.82) is 0 Å². The summed E-state index contributed by atoms with van der Waals surface area (Å²) >= 11 is 0. The maximum atomic E-state index is 12.9. The molecule has 6 heteroatoms. The van der Waals surface area contributed by atoms with E-state index < -0.39 is 0 Å². The van der Waals surface area contributed by atoms with E-state index in [-0.39, 0.29) is 5.97 Å². The summed E-state index contributed by atoms with van der Waals surface area (Å²) in [5.41, 5.74) is 3.87. The van der Waals surface area contributed by atoms with Gasteiger partial charge in [-0.3, -0.25) is 0 Å². The van der Waals surface area contributed by atoms with Gasteiger partial charge in [0.2, 0.25) is 5.69 Å². The maximum absolute atomic E-state index is 12.9. The van der Waals surface area contributed by atoms with Crippen LogP contribution in [0.5, 0.6) is 17.2 Å². The van der Waals surface area contributed by atoms with Gasteiger partial charge in [-0.2, -0.15) is 4.57 Å². The first kappa shape index (κ1) is 21.0.